The van der Waals surface area contributed by atoms with Crippen LogP contribution in [0.2, 0.25) is 0 Å². The molecule has 1 aromatic carbocycles. The number of hydrogen-bond donors (Lipinski definition) is 2. The number of carboxylic acid groups (broad SMARTS) is 1. The number of hydrogen-bond acceptors (Lipinski definition) is 4. The van der Waals surface area contributed by atoms with Gasteiger partial charge < -0.3 is 19.5 Å². The van der Waals surface area contributed by atoms with Crippen molar-refractivity contribution >= 4 is 5.97 Å². The van der Waals surface area contributed by atoms with Gasteiger partial charge in [-0.05, 0) is 31.9 Å². The summed E-state index contributed by atoms with van der Waals surface area (Å²) < 4.78 is 7.09. The molecule has 142 valence electrons. The maximum absolute atomic E-state index is 12.5. The summed E-state index contributed by atoms with van der Waals surface area (Å²) >= 11 is 0. The lowest BCUT2D eigenvalue weighted by atomic mass is 9.87. The summed E-state index contributed by atoms with van der Waals surface area (Å²) in [5, 5.41) is 20.4. The van der Waals surface area contributed by atoms with Crippen molar-refractivity contribution in [3.63, 3.8) is 0 Å². The molecule has 0 saturated carbocycles. The monoisotopic (exact) mass is 369 g/mol. The fraction of sp³-hybridized carbons (Fsp3) is 0.238. The van der Waals surface area contributed by atoms with Gasteiger partial charge in [-0.25, -0.2) is 4.79 Å². The highest BCUT2D eigenvalue weighted by Gasteiger charge is 2.33. The lowest BCUT2D eigenvalue weighted by molar-refractivity contribution is -0.00109. The molecule has 0 unspecified atom stereocenters. The first-order valence-corrected chi connectivity index (χ1v) is 8.48. The average Bonchev–Trinajstić information content (AvgIpc) is 2.63. The van der Waals surface area contributed by atoms with Gasteiger partial charge in [-0.15, -0.1) is 13.2 Å². The lowest BCUT2D eigenvalue weighted by Gasteiger charge is -2.34. The summed E-state index contributed by atoms with van der Waals surface area (Å²) in [7, 11) is 0. The van der Waals surface area contributed by atoms with E-state index in [0.717, 1.165) is 0 Å². The third kappa shape index (κ3) is 4.54. The van der Waals surface area contributed by atoms with Crippen LogP contribution in [-0.2, 0) is 0 Å². The molecule has 0 aliphatic carbocycles. The van der Waals surface area contributed by atoms with E-state index < -0.39 is 28.6 Å². The molecule has 6 heteroatoms. The second kappa shape index (κ2) is 8.51. The molecule has 27 heavy (non-hydrogen) atoms. The van der Waals surface area contributed by atoms with Crippen LogP contribution in [-0.4, -0.2) is 26.4 Å². The highest BCUT2D eigenvalue weighted by molar-refractivity contribution is 5.87. The Morgan fingerprint density at radius 2 is 1.81 bits per heavy atom. The van der Waals surface area contributed by atoms with Crippen LogP contribution in [0.25, 0.3) is 0 Å². The molecule has 6 nitrogen and oxygen atoms in total. The van der Waals surface area contributed by atoms with E-state index >= 15 is 0 Å². The van der Waals surface area contributed by atoms with Gasteiger partial charge in [0, 0.05) is 6.20 Å². The number of nitrogens with zero attached hydrogens (tertiary/aromatic N) is 1. The number of aliphatic hydroxyl groups is 1. The molecule has 0 radical (unpaired) electrons. The van der Waals surface area contributed by atoms with Crippen molar-refractivity contribution < 1.29 is 19.7 Å². The van der Waals surface area contributed by atoms with Crippen LogP contribution < -0.4 is 10.2 Å². The van der Waals surface area contributed by atoms with Crippen molar-refractivity contribution in [3.05, 3.63) is 83.8 Å². The van der Waals surface area contributed by atoms with Crippen molar-refractivity contribution in [2.75, 3.05) is 0 Å². The molecule has 0 saturated heterocycles. The van der Waals surface area contributed by atoms with Crippen LogP contribution in [0, 0.1) is 0 Å². The largest absolute Gasteiger partial charge is 0.477 e. The first-order valence-electron chi connectivity index (χ1n) is 8.48. The van der Waals surface area contributed by atoms with E-state index in [4.69, 9.17) is 4.74 Å². The highest BCUT2D eigenvalue weighted by Crippen LogP contribution is 2.31. The number of benzene rings is 1. The lowest BCUT2D eigenvalue weighted by Crippen LogP contribution is -2.38. The second-order valence-electron chi connectivity index (χ2n) is 6.30. The number of para-hydroxylation sites is 1. The van der Waals surface area contributed by atoms with Crippen LogP contribution in [0.3, 0.4) is 0 Å². The predicted octanol–water partition coefficient (Wildman–Crippen LogP) is 3.78. The van der Waals surface area contributed by atoms with Crippen LogP contribution >= 0.6 is 0 Å². The Balaban J connectivity index is 2.56. The number of aromatic carboxylic acids is 1. The van der Waals surface area contributed by atoms with Gasteiger partial charge in [-0.1, -0.05) is 30.4 Å². The predicted molar refractivity (Wildman–Crippen MR) is 103 cm³/mol. The Hall–Kier alpha value is -3.12. The summed E-state index contributed by atoms with van der Waals surface area (Å²) in [6.07, 6.45) is 6.32. The van der Waals surface area contributed by atoms with Crippen LogP contribution in [0.15, 0.2) is 72.8 Å². The van der Waals surface area contributed by atoms with E-state index in [-0.39, 0.29) is 18.6 Å². The van der Waals surface area contributed by atoms with E-state index in [1.54, 1.807) is 49.4 Å². The fourth-order valence-corrected chi connectivity index (χ4v) is 2.84. The smallest absolute Gasteiger partial charge is 0.341 e. The molecule has 1 aromatic heterocycles. The fourth-order valence-electron chi connectivity index (χ4n) is 2.84. The Morgan fingerprint density at radius 3 is 2.33 bits per heavy atom. The van der Waals surface area contributed by atoms with Gasteiger partial charge in [0.1, 0.15) is 11.3 Å². The van der Waals surface area contributed by atoms with E-state index in [9.17, 15) is 19.8 Å². The van der Waals surface area contributed by atoms with Gasteiger partial charge in [0.05, 0.1) is 17.8 Å². The zero-order valence-corrected chi connectivity index (χ0v) is 15.2. The highest BCUT2D eigenvalue weighted by atomic mass is 16.5. The van der Waals surface area contributed by atoms with Crippen molar-refractivity contribution in [2.24, 2.45) is 0 Å². The van der Waals surface area contributed by atoms with Crippen LogP contribution in [0.1, 0.15) is 36.2 Å². The quantitative estimate of drug-likeness (QED) is 0.657. The summed E-state index contributed by atoms with van der Waals surface area (Å²) in [6, 6.07) is 8.03. The Labute approximate surface area is 157 Å². The third-order valence-electron chi connectivity index (χ3n) is 4.43. The minimum Gasteiger partial charge on any atom is -0.477 e. The molecular weight excluding hydrogens is 346 g/mol. The van der Waals surface area contributed by atoms with Crippen molar-refractivity contribution in [1.82, 2.24) is 4.57 Å². The zero-order valence-electron chi connectivity index (χ0n) is 15.2. The van der Waals surface area contributed by atoms with Crippen molar-refractivity contribution in [1.29, 1.82) is 0 Å². The molecule has 0 amide bonds. The first-order chi connectivity index (χ1) is 12.8. The molecular formula is C21H23NO5. The Kier molecular flexibility index (Phi) is 6.36. The van der Waals surface area contributed by atoms with Gasteiger partial charge in [-0.2, -0.15) is 0 Å². The second-order valence-corrected chi connectivity index (χ2v) is 6.30. The van der Waals surface area contributed by atoms with Gasteiger partial charge in [0.2, 0.25) is 5.43 Å². The number of carbonyl (C=O) groups is 1. The number of pyridine rings is 1. The molecule has 1 heterocycles. The number of rotatable bonds is 9. The van der Waals surface area contributed by atoms with Gasteiger partial charge in [-0.3, -0.25) is 4.79 Å². The van der Waals surface area contributed by atoms with Gasteiger partial charge >= 0.3 is 5.97 Å². The molecule has 0 aliphatic heterocycles. The van der Waals surface area contributed by atoms with Gasteiger partial charge in [0.15, 0.2) is 5.75 Å². The van der Waals surface area contributed by atoms with Crippen LogP contribution in [0.5, 0.6) is 11.5 Å². The molecule has 0 spiro atoms. The maximum Gasteiger partial charge on any atom is 0.341 e. The third-order valence-corrected chi connectivity index (χ3v) is 4.43. The maximum atomic E-state index is 12.5. The Morgan fingerprint density at radius 1 is 1.22 bits per heavy atom. The molecule has 2 rings (SSSR count). The summed E-state index contributed by atoms with van der Waals surface area (Å²) in [5.41, 5.74) is -2.40. The number of ether oxygens (including phenoxy) is 1. The normalized spacial score (nSPS) is 12.2. The van der Waals surface area contributed by atoms with Crippen molar-refractivity contribution in [2.45, 2.75) is 31.4 Å². The molecule has 0 fully saturated rings. The Bertz CT molecular complexity index is 875. The average molecular weight is 369 g/mol. The SMILES string of the molecule is C=CCC(O)(CC=C)[C@@H](C)n1cc(Oc2ccccc2)c(=O)c(C(=O)O)c1. The molecule has 0 aliphatic rings. The molecule has 0 bridgehead atoms. The summed E-state index contributed by atoms with van der Waals surface area (Å²) in [6.45, 7) is 9.06. The number of aromatic nitrogens is 1. The van der Waals surface area contributed by atoms with Gasteiger partial charge in [0.25, 0.3) is 0 Å². The van der Waals surface area contributed by atoms with E-state index in [1.807, 2.05) is 0 Å². The van der Waals surface area contributed by atoms with E-state index in [1.165, 1.54) is 17.0 Å². The van der Waals surface area contributed by atoms with E-state index in [2.05, 4.69) is 13.2 Å². The standard InChI is InChI=1S/C21H23NO5/c1-4-11-21(26,12-5-2)15(3)22-13-17(20(24)25)19(23)18(14-22)27-16-9-7-6-8-10-16/h4-10,13-15,26H,1-2,11-12H2,3H3,(H,24,25)/t15-/m1/s1. The van der Waals surface area contributed by atoms with Crippen molar-refractivity contribution in [3.8, 4) is 11.5 Å². The zero-order chi connectivity index (χ0) is 20.0. The molecule has 2 N–H and O–H groups in total. The van der Waals surface area contributed by atoms with E-state index in [0.29, 0.717) is 5.75 Å². The number of carboxylic acids is 1. The molecule has 2 aromatic rings. The summed E-state index contributed by atoms with van der Waals surface area (Å²) in [5.74, 6) is -1.09. The molecule has 1 atom stereocenters. The van der Waals surface area contributed by atoms with Crippen LogP contribution in [0.4, 0.5) is 0 Å². The minimum absolute atomic E-state index is 0.132. The minimum atomic E-state index is -1.37. The first kappa shape index (κ1) is 20.2. The topological polar surface area (TPSA) is 88.8 Å². The summed E-state index contributed by atoms with van der Waals surface area (Å²) in [4.78, 5) is 24.0.